The van der Waals surface area contributed by atoms with Crippen molar-refractivity contribution in [3.8, 4) is 0 Å². The molecule has 0 amide bonds. The molecule has 2 aliphatic heterocycles. The molecule has 2 atom stereocenters. The molecule has 2 aromatic carbocycles. The van der Waals surface area contributed by atoms with Crippen molar-refractivity contribution in [3.05, 3.63) is 70.2 Å². The molecule has 0 aliphatic carbocycles. The second-order valence-corrected chi connectivity index (χ2v) is 10.6. The number of sulfone groups is 1. The molecule has 7 heteroatoms. The smallest absolute Gasteiger partial charge is 0.160 e. The van der Waals surface area contributed by atoms with E-state index < -0.39 is 9.84 Å². The van der Waals surface area contributed by atoms with Crippen molar-refractivity contribution in [1.82, 2.24) is 4.90 Å². The lowest BCUT2D eigenvalue weighted by atomic mass is 10.1. The van der Waals surface area contributed by atoms with Crippen LogP contribution in [0.4, 0.5) is 0 Å². The highest BCUT2D eigenvalue weighted by atomic mass is 35.5. The van der Waals surface area contributed by atoms with E-state index in [1.54, 1.807) is 11.8 Å². The third-order valence-corrected chi connectivity index (χ3v) is 8.10. The standard InChI is InChI=1S/C20H21ClN2O2S2/c1-14-4-2-3-5-16(14)11-26-20-22-18-12-27(24,25)13-19(18)23(20)10-15-6-8-17(21)9-7-15/h2-9,18-19H,10-13H2,1H3/t18-,19+/m1/s1. The third-order valence-electron chi connectivity index (χ3n) is 5.10. The van der Waals surface area contributed by atoms with E-state index in [0.717, 1.165) is 16.5 Å². The van der Waals surface area contributed by atoms with E-state index in [1.807, 2.05) is 36.4 Å². The van der Waals surface area contributed by atoms with Crippen LogP contribution >= 0.6 is 23.4 Å². The van der Waals surface area contributed by atoms with Crippen LogP contribution in [-0.2, 0) is 22.1 Å². The number of hydrogen-bond donors (Lipinski definition) is 0. The molecule has 2 heterocycles. The summed E-state index contributed by atoms with van der Waals surface area (Å²) >= 11 is 7.69. The zero-order valence-electron chi connectivity index (χ0n) is 15.0. The van der Waals surface area contributed by atoms with E-state index in [-0.39, 0.29) is 23.6 Å². The lowest BCUT2D eigenvalue weighted by Gasteiger charge is -2.26. The Hall–Kier alpha value is -1.50. The summed E-state index contributed by atoms with van der Waals surface area (Å²) in [6, 6.07) is 15.8. The highest BCUT2D eigenvalue weighted by Crippen LogP contribution is 2.33. The molecule has 4 rings (SSSR count). The maximum Gasteiger partial charge on any atom is 0.160 e. The van der Waals surface area contributed by atoms with Crippen molar-refractivity contribution in [3.63, 3.8) is 0 Å². The van der Waals surface area contributed by atoms with Gasteiger partial charge in [-0.25, -0.2) is 8.42 Å². The monoisotopic (exact) mass is 420 g/mol. The molecule has 0 spiro atoms. The molecule has 0 aromatic heterocycles. The van der Waals surface area contributed by atoms with Crippen LogP contribution in [0.5, 0.6) is 0 Å². The number of fused-ring (bicyclic) bond motifs is 1. The van der Waals surface area contributed by atoms with E-state index in [0.29, 0.717) is 11.6 Å². The summed E-state index contributed by atoms with van der Waals surface area (Å²) in [5.41, 5.74) is 3.64. The van der Waals surface area contributed by atoms with Gasteiger partial charge in [-0.3, -0.25) is 4.99 Å². The van der Waals surface area contributed by atoms with E-state index in [9.17, 15) is 8.42 Å². The fourth-order valence-corrected chi connectivity index (χ4v) is 6.78. The Morgan fingerprint density at radius 1 is 1.15 bits per heavy atom. The minimum atomic E-state index is -3.01. The van der Waals surface area contributed by atoms with Crippen LogP contribution < -0.4 is 0 Å². The molecule has 27 heavy (non-hydrogen) atoms. The number of benzene rings is 2. The number of thioether (sulfide) groups is 1. The number of nitrogens with zero attached hydrogens (tertiary/aromatic N) is 2. The Morgan fingerprint density at radius 2 is 1.89 bits per heavy atom. The summed E-state index contributed by atoms with van der Waals surface area (Å²) in [6.45, 7) is 2.76. The van der Waals surface area contributed by atoms with Crippen molar-refractivity contribution in [2.45, 2.75) is 31.3 Å². The van der Waals surface area contributed by atoms with Crippen molar-refractivity contribution >= 4 is 38.4 Å². The Morgan fingerprint density at radius 3 is 2.63 bits per heavy atom. The highest BCUT2D eigenvalue weighted by molar-refractivity contribution is 8.13. The Balaban J connectivity index is 1.55. The van der Waals surface area contributed by atoms with Crippen molar-refractivity contribution in [2.75, 3.05) is 11.5 Å². The predicted molar refractivity (Wildman–Crippen MR) is 113 cm³/mol. The van der Waals surface area contributed by atoms with Crippen molar-refractivity contribution < 1.29 is 8.42 Å². The number of rotatable bonds is 4. The van der Waals surface area contributed by atoms with Crippen LogP contribution in [0.25, 0.3) is 0 Å². The molecular formula is C20H21ClN2O2S2. The SMILES string of the molecule is Cc1ccccc1CSC1=N[C@@H]2CS(=O)(=O)C[C@@H]2N1Cc1ccc(Cl)cc1. The second kappa shape index (κ2) is 7.49. The molecule has 1 saturated heterocycles. The quantitative estimate of drug-likeness (QED) is 0.752. The largest absolute Gasteiger partial charge is 0.341 e. The normalized spacial score (nSPS) is 23.3. The maximum atomic E-state index is 12.1. The van der Waals surface area contributed by atoms with Crippen LogP contribution in [0.3, 0.4) is 0 Å². The predicted octanol–water partition coefficient (Wildman–Crippen LogP) is 3.92. The van der Waals surface area contributed by atoms with Crippen LogP contribution in [-0.4, -0.2) is 42.1 Å². The first-order valence-corrected chi connectivity index (χ1v) is 12.1. The van der Waals surface area contributed by atoms with Gasteiger partial charge in [0.25, 0.3) is 0 Å². The lowest BCUT2D eigenvalue weighted by Crippen LogP contribution is -2.38. The molecule has 2 aromatic rings. The first kappa shape index (κ1) is 18.8. The van der Waals surface area contributed by atoms with E-state index in [4.69, 9.17) is 16.6 Å². The summed E-state index contributed by atoms with van der Waals surface area (Å²) in [5.74, 6) is 1.17. The van der Waals surface area contributed by atoms with Gasteiger partial charge in [0.1, 0.15) is 0 Å². The number of aliphatic imine (C=N–C) groups is 1. The number of hydrogen-bond acceptors (Lipinski definition) is 5. The molecule has 4 nitrogen and oxygen atoms in total. The topological polar surface area (TPSA) is 49.7 Å². The minimum absolute atomic E-state index is 0.0648. The van der Waals surface area contributed by atoms with Gasteiger partial charge >= 0.3 is 0 Å². The molecule has 142 valence electrons. The molecule has 0 unspecified atom stereocenters. The number of amidine groups is 1. The van der Waals surface area contributed by atoms with E-state index >= 15 is 0 Å². The van der Waals surface area contributed by atoms with Gasteiger partial charge in [0.2, 0.25) is 0 Å². The average Bonchev–Trinajstić information content (AvgIpc) is 3.08. The summed E-state index contributed by atoms with van der Waals surface area (Å²) in [7, 11) is -3.01. The minimum Gasteiger partial charge on any atom is -0.341 e. The van der Waals surface area contributed by atoms with Crippen LogP contribution in [0.15, 0.2) is 53.5 Å². The van der Waals surface area contributed by atoms with Gasteiger partial charge in [-0.2, -0.15) is 0 Å². The first-order valence-electron chi connectivity index (χ1n) is 8.88. The summed E-state index contributed by atoms with van der Waals surface area (Å²) < 4.78 is 24.2. The van der Waals surface area contributed by atoms with Gasteiger partial charge in [0.15, 0.2) is 15.0 Å². The van der Waals surface area contributed by atoms with E-state index in [1.165, 1.54) is 11.1 Å². The third kappa shape index (κ3) is 4.18. The molecule has 1 fully saturated rings. The van der Waals surface area contributed by atoms with Crippen molar-refractivity contribution in [1.29, 1.82) is 0 Å². The maximum absolute atomic E-state index is 12.1. The summed E-state index contributed by atoms with van der Waals surface area (Å²) in [4.78, 5) is 6.95. The van der Waals surface area contributed by atoms with Gasteiger partial charge in [-0.15, -0.1) is 0 Å². The Kier molecular flexibility index (Phi) is 5.23. The summed E-state index contributed by atoms with van der Waals surface area (Å²) in [6.07, 6.45) is 0. The zero-order chi connectivity index (χ0) is 19.0. The van der Waals surface area contributed by atoms with Gasteiger partial charge in [-0.05, 0) is 35.7 Å². The summed E-state index contributed by atoms with van der Waals surface area (Å²) in [5, 5.41) is 1.64. The second-order valence-electron chi connectivity index (χ2n) is 7.09. The van der Waals surface area contributed by atoms with Gasteiger partial charge in [-0.1, -0.05) is 59.8 Å². The highest BCUT2D eigenvalue weighted by Gasteiger charge is 2.46. The Labute approximate surface area is 169 Å². The first-order chi connectivity index (χ1) is 12.9. The van der Waals surface area contributed by atoms with Crippen molar-refractivity contribution in [2.24, 2.45) is 4.99 Å². The Bertz CT molecular complexity index is 974. The zero-order valence-corrected chi connectivity index (χ0v) is 17.4. The fraction of sp³-hybridized carbons (Fsp3) is 0.350. The molecule has 0 radical (unpaired) electrons. The lowest BCUT2D eigenvalue weighted by molar-refractivity contribution is 0.343. The van der Waals surface area contributed by atoms with Crippen LogP contribution in [0.2, 0.25) is 5.02 Å². The molecule has 0 bridgehead atoms. The van der Waals surface area contributed by atoms with E-state index in [2.05, 4.69) is 24.0 Å². The van der Waals surface area contributed by atoms with Gasteiger partial charge in [0, 0.05) is 17.3 Å². The number of aryl methyl sites for hydroxylation is 1. The average molecular weight is 421 g/mol. The van der Waals surface area contributed by atoms with Gasteiger partial charge in [0.05, 0.1) is 23.6 Å². The molecule has 2 aliphatic rings. The number of halogens is 1. The molecule has 0 N–H and O–H groups in total. The van der Waals surface area contributed by atoms with Crippen LogP contribution in [0.1, 0.15) is 16.7 Å². The van der Waals surface area contributed by atoms with Gasteiger partial charge < -0.3 is 4.90 Å². The van der Waals surface area contributed by atoms with Crippen LogP contribution in [0, 0.1) is 6.92 Å². The fourth-order valence-electron chi connectivity index (χ4n) is 3.60. The molecular weight excluding hydrogens is 400 g/mol. The molecule has 0 saturated carbocycles.